The van der Waals surface area contributed by atoms with Crippen LogP contribution in [0.2, 0.25) is 0 Å². The number of halogens is 1. The summed E-state index contributed by atoms with van der Waals surface area (Å²) >= 11 is 1.94. The molecule has 0 spiro atoms. The fourth-order valence-corrected chi connectivity index (χ4v) is 3.84. The molecule has 6 heteroatoms. The molecule has 0 aliphatic carbocycles. The van der Waals surface area contributed by atoms with Gasteiger partial charge in [-0.15, -0.1) is 0 Å². The van der Waals surface area contributed by atoms with Gasteiger partial charge in [0.05, 0.1) is 25.1 Å². The lowest BCUT2D eigenvalue weighted by molar-refractivity contribution is 0.340. The van der Waals surface area contributed by atoms with Gasteiger partial charge in [-0.3, -0.25) is 9.67 Å². The lowest BCUT2D eigenvalue weighted by Gasteiger charge is -2.14. The number of benzene rings is 1. The van der Waals surface area contributed by atoms with Crippen molar-refractivity contribution in [2.45, 2.75) is 26.4 Å². The van der Waals surface area contributed by atoms with Gasteiger partial charge in [-0.2, -0.15) is 5.10 Å². The standard InChI is InChI=1S/C20H20IN3O2/c1-13-15(8-16(12-26-21)20-18(13)5-6-25-20)7-14-3-4-19(22-9-14)17-10-23-24(2)11-17/h3-4,8-11H,5-7,12H2,1-2H3. The highest BCUT2D eigenvalue weighted by molar-refractivity contribution is 14.1. The SMILES string of the molecule is Cc1c(Cc2ccc(-c3cnn(C)c3)nc2)cc(COI)c2c1CCO2. The summed E-state index contributed by atoms with van der Waals surface area (Å²) in [6.07, 6.45) is 7.60. The van der Waals surface area contributed by atoms with E-state index in [0.717, 1.165) is 42.0 Å². The van der Waals surface area contributed by atoms with Crippen LogP contribution in [0.1, 0.15) is 27.8 Å². The molecule has 0 radical (unpaired) electrons. The maximum atomic E-state index is 5.83. The molecule has 0 amide bonds. The Balaban J connectivity index is 1.62. The van der Waals surface area contributed by atoms with E-state index in [1.54, 1.807) is 4.68 Å². The summed E-state index contributed by atoms with van der Waals surface area (Å²) in [5.74, 6) is 1.02. The van der Waals surface area contributed by atoms with Crippen molar-refractivity contribution < 1.29 is 7.80 Å². The van der Waals surface area contributed by atoms with Gasteiger partial charge in [0.15, 0.2) is 0 Å². The van der Waals surface area contributed by atoms with Crippen LogP contribution >= 0.6 is 23.0 Å². The number of rotatable bonds is 5. The van der Waals surface area contributed by atoms with Crippen LogP contribution in [0.4, 0.5) is 0 Å². The van der Waals surface area contributed by atoms with Crippen LogP contribution in [0.25, 0.3) is 11.3 Å². The molecule has 2 aromatic heterocycles. The zero-order valence-electron chi connectivity index (χ0n) is 14.8. The molecule has 0 unspecified atom stereocenters. The monoisotopic (exact) mass is 461 g/mol. The second kappa shape index (κ2) is 7.36. The van der Waals surface area contributed by atoms with Crippen LogP contribution in [-0.4, -0.2) is 21.4 Å². The molecule has 0 bridgehead atoms. The van der Waals surface area contributed by atoms with E-state index in [1.165, 1.54) is 22.3 Å². The Hall–Kier alpha value is -1.93. The van der Waals surface area contributed by atoms with Crippen molar-refractivity contribution in [2.75, 3.05) is 6.61 Å². The molecule has 1 aromatic carbocycles. The predicted octanol–water partition coefficient (Wildman–Crippen LogP) is 4.18. The Morgan fingerprint density at radius 1 is 1.27 bits per heavy atom. The van der Waals surface area contributed by atoms with E-state index in [0.29, 0.717) is 6.61 Å². The van der Waals surface area contributed by atoms with Gasteiger partial charge >= 0.3 is 0 Å². The minimum Gasteiger partial charge on any atom is -0.493 e. The summed E-state index contributed by atoms with van der Waals surface area (Å²) < 4.78 is 13.0. The Morgan fingerprint density at radius 2 is 2.15 bits per heavy atom. The van der Waals surface area contributed by atoms with E-state index >= 15 is 0 Å². The Morgan fingerprint density at radius 3 is 2.85 bits per heavy atom. The number of ether oxygens (including phenoxy) is 1. The van der Waals surface area contributed by atoms with Gasteiger partial charge in [-0.1, -0.05) is 6.07 Å². The van der Waals surface area contributed by atoms with Crippen LogP contribution in [0, 0.1) is 6.92 Å². The number of nitrogens with zero attached hydrogens (tertiary/aromatic N) is 3. The minimum atomic E-state index is 0.564. The number of hydrogen-bond donors (Lipinski definition) is 0. The van der Waals surface area contributed by atoms with Gasteiger partial charge in [0.25, 0.3) is 0 Å². The van der Waals surface area contributed by atoms with E-state index in [4.69, 9.17) is 7.80 Å². The summed E-state index contributed by atoms with van der Waals surface area (Å²) in [7, 11) is 1.91. The van der Waals surface area contributed by atoms with Crippen molar-refractivity contribution in [3.8, 4) is 17.0 Å². The van der Waals surface area contributed by atoms with E-state index in [2.05, 4.69) is 35.2 Å². The summed E-state index contributed by atoms with van der Waals surface area (Å²) in [4.78, 5) is 4.62. The molecule has 0 saturated carbocycles. The number of hydrogen-bond acceptors (Lipinski definition) is 4. The summed E-state index contributed by atoms with van der Waals surface area (Å²) in [6.45, 7) is 3.51. The third-order valence-corrected chi connectivity index (χ3v) is 5.19. The van der Waals surface area contributed by atoms with Crippen molar-refractivity contribution in [3.05, 3.63) is 64.6 Å². The number of fused-ring (bicyclic) bond motifs is 1. The molecule has 1 aliphatic rings. The molecule has 26 heavy (non-hydrogen) atoms. The molecule has 1 aliphatic heterocycles. The second-order valence-corrected chi connectivity index (χ2v) is 7.23. The summed E-state index contributed by atoms with van der Waals surface area (Å²) in [6, 6.07) is 6.42. The van der Waals surface area contributed by atoms with Gasteiger partial charge in [-0.05, 0) is 42.2 Å². The molecule has 0 saturated heterocycles. The van der Waals surface area contributed by atoms with Crippen molar-refractivity contribution in [1.82, 2.24) is 14.8 Å². The van der Waals surface area contributed by atoms with Crippen molar-refractivity contribution in [1.29, 1.82) is 0 Å². The molecule has 0 atom stereocenters. The average Bonchev–Trinajstić information content (AvgIpc) is 3.29. The van der Waals surface area contributed by atoms with E-state index in [9.17, 15) is 0 Å². The smallest absolute Gasteiger partial charge is 0.128 e. The third kappa shape index (κ3) is 3.35. The molecule has 3 heterocycles. The van der Waals surface area contributed by atoms with Crippen molar-refractivity contribution >= 4 is 23.0 Å². The Bertz CT molecular complexity index is 935. The second-order valence-electron chi connectivity index (χ2n) is 6.61. The zero-order valence-corrected chi connectivity index (χ0v) is 17.0. The van der Waals surface area contributed by atoms with Gasteiger partial charge < -0.3 is 7.80 Å². The van der Waals surface area contributed by atoms with Crippen LogP contribution in [0.15, 0.2) is 36.8 Å². The molecule has 0 fully saturated rings. The van der Waals surface area contributed by atoms with Crippen LogP contribution in [-0.2, 0) is 29.6 Å². The molecule has 0 N–H and O–H groups in total. The average molecular weight is 461 g/mol. The number of aromatic nitrogens is 3. The largest absolute Gasteiger partial charge is 0.493 e. The van der Waals surface area contributed by atoms with Crippen LogP contribution in [0.5, 0.6) is 5.75 Å². The third-order valence-electron chi connectivity index (χ3n) is 4.88. The van der Waals surface area contributed by atoms with Gasteiger partial charge in [0.1, 0.15) is 28.8 Å². The van der Waals surface area contributed by atoms with E-state index in [-0.39, 0.29) is 0 Å². The summed E-state index contributed by atoms with van der Waals surface area (Å²) in [5, 5.41) is 4.21. The highest BCUT2D eigenvalue weighted by Gasteiger charge is 2.21. The molecule has 5 nitrogen and oxygen atoms in total. The molecule has 134 valence electrons. The van der Waals surface area contributed by atoms with Gasteiger partial charge in [0, 0.05) is 42.6 Å². The number of aryl methyl sites for hydroxylation is 1. The first-order chi connectivity index (χ1) is 12.7. The zero-order chi connectivity index (χ0) is 18.1. The first kappa shape index (κ1) is 17.5. The summed E-state index contributed by atoms with van der Waals surface area (Å²) in [5.41, 5.74) is 8.27. The van der Waals surface area contributed by atoms with E-state index < -0.39 is 0 Å². The molecule has 4 rings (SSSR count). The normalized spacial score (nSPS) is 12.9. The van der Waals surface area contributed by atoms with Gasteiger partial charge in [0.2, 0.25) is 0 Å². The fraction of sp³-hybridized carbons (Fsp3) is 0.300. The lowest BCUT2D eigenvalue weighted by atomic mass is 9.93. The predicted molar refractivity (Wildman–Crippen MR) is 108 cm³/mol. The minimum absolute atomic E-state index is 0.564. The van der Waals surface area contributed by atoms with Crippen molar-refractivity contribution in [3.63, 3.8) is 0 Å². The first-order valence-electron chi connectivity index (χ1n) is 8.60. The topological polar surface area (TPSA) is 49.2 Å². The molecular formula is C20H20IN3O2. The highest BCUT2D eigenvalue weighted by Crippen LogP contribution is 2.36. The van der Waals surface area contributed by atoms with Crippen molar-refractivity contribution in [2.24, 2.45) is 7.05 Å². The fourth-order valence-electron chi connectivity index (χ4n) is 3.50. The van der Waals surface area contributed by atoms with Gasteiger partial charge in [-0.25, -0.2) is 0 Å². The molecule has 3 aromatic rings. The maximum Gasteiger partial charge on any atom is 0.128 e. The number of pyridine rings is 1. The van der Waals surface area contributed by atoms with Crippen LogP contribution < -0.4 is 4.74 Å². The highest BCUT2D eigenvalue weighted by atomic mass is 127. The quantitative estimate of drug-likeness (QED) is 0.535. The van der Waals surface area contributed by atoms with E-state index in [1.807, 2.05) is 48.6 Å². The maximum absolute atomic E-state index is 5.83. The first-order valence-corrected chi connectivity index (χ1v) is 9.48. The lowest BCUT2D eigenvalue weighted by Crippen LogP contribution is -2.00. The Kier molecular flexibility index (Phi) is 4.95. The van der Waals surface area contributed by atoms with Crippen LogP contribution in [0.3, 0.4) is 0 Å². The Labute approximate surface area is 167 Å². The molecular weight excluding hydrogens is 441 g/mol.